The Morgan fingerprint density at radius 3 is 2.66 bits per heavy atom. The standard InChI is InChI=1S/C26H38N8O/c1-19(2)21-17-30-34-23(21)31-24-29-18-26(11-13-27-14-12-26)10-5-3-4-6-15-33-20(8-7-9-22(33)35)16-28-25(34)32-24/h7-9,17,19,27H,3-6,10-16,18H2,1-2H3,(H2,28,29,31,32). The smallest absolute Gasteiger partial charge is 0.250 e. The van der Waals surface area contributed by atoms with Crippen LogP contribution in [-0.2, 0) is 13.1 Å². The Labute approximate surface area is 206 Å². The molecule has 35 heavy (non-hydrogen) atoms. The van der Waals surface area contributed by atoms with Gasteiger partial charge in [-0.25, -0.2) is 0 Å². The molecule has 0 radical (unpaired) electrons. The van der Waals surface area contributed by atoms with E-state index in [2.05, 4.69) is 34.9 Å². The van der Waals surface area contributed by atoms with Gasteiger partial charge in [-0.05, 0) is 56.2 Å². The summed E-state index contributed by atoms with van der Waals surface area (Å²) in [5.74, 6) is 1.58. The molecule has 9 nitrogen and oxygen atoms in total. The molecule has 3 aromatic heterocycles. The van der Waals surface area contributed by atoms with Crippen molar-refractivity contribution in [3.05, 3.63) is 46.0 Å². The van der Waals surface area contributed by atoms with Crippen molar-refractivity contribution in [3.63, 3.8) is 0 Å². The summed E-state index contributed by atoms with van der Waals surface area (Å²) in [5.41, 5.74) is 3.19. The number of rotatable bonds is 1. The highest BCUT2D eigenvalue weighted by Gasteiger charge is 2.31. The normalized spacial score (nSPS) is 19.3. The molecule has 0 unspecified atom stereocenters. The van der Waals surface area contributed by atoms with Crippen LogP contribution in [0.5, 0.6) is 0 Å². The zero-order valence-corrected chi connectivity index (χ0v) is 21.0. The number of nitrogens with zero attached hydrogens (tertiary/aromatic N) is 5. The van der Waals surface area contributed by atoms with Gasteiger partial charge in [0.2, 0.25) is 11.9 Å². The van der Waals surface area contributed by atoms with Crippen LogP contribution in [0.4, 0.5) is 11.9 Å². The predicted molar refractivity (Wildman–Crippen MR) is 139 cm³/mol. The van der Waals surface area contributed by atoms with Crippen LogP contribution < -0.4 is 21.5 Å². The molecule has 5 heterocycles. The molecule has 188 valence electrons. The summed E-state index contributed by atoms with van der Waals surface area (Å²) < 4.78 is 3.68. The van der Waals surface area contributed by atoms with Gasteiger partial charge in [-0.3, -0.25) is 4.79 Å². The first-order valence-electron chi connectivity index (χ1n) is 13.2. The van der Waals surface area contributed by atoms with Crippen molar-refractivity contribution in [1.29, 1.82) is 0 Å². The van der Waals surface area contributed by atoms with Crippen molar-refractivity contribution in [2.75, 3.05) is 30.3 Å². The van der Waals surface area contributed by atoms with E-state index in [9.17, 15) is 4.79 Å². The Balaban J connectivity index is 1.52. The first kappa shape index (κ1) is 23.8. The van der Waals surface area contributed by atoms with Crippen LogP contribution in [0.2, 0.25) is 0 Å². The van der Waals surface area contributed by atoms with Crippen LogP contribution in [0.25, 0.3) is 5.65 Å². The molecule has 0 atom stereocenters. The summed E-state index contributed by atoms with van der Waals surface area (Å²) in [6.45, 7) is 8.57. The molecule has 0 aromatic carbocycles. The Morgan fingerprint density at radius 1 is 1.00 bits per heavy atom. The van der Waals surface area contributed by atoms with E-state index in [0.717, 1.165) is 55.9 Å². The average Bonchev–Trinajstić information content (AvgIpc) is 3.29. The molecule has 0 aliphatic carbocycles. The number of aromatic nitrogens is 5. The molecule has 1 saturated heterocycles. The summed E-state index contributed by atoms with van der Waals surface area (Å²) in [7, 11) is 0. The second kappa shape index (κ2) is 10.4. The van der Waals surface area contributed by atoms with E-state index >= 15 is 0 Å². The van der Waals surface area contributed by atoms with Gasteiger partial charge in [0.05, 0.1) is 12.7 Å². The Hall–Kier alpha value is -2.94. The number of anilines is 2. The SMILES string of the molecule is CC(C)c1cnn2c3nc(nc12)NCC1(CCCCCCn2c(cccc2=O)CN3)CCNCC1. The first-order chi connectivity index (χ1) is 17.0. The van der Waals surface area contributed by atoms with E-state index in [1.54, 1.807) is 10.6 Å². The second-order valence-electron chi connectivity index (χ2n) is 10.5. The number of hydrogen-bond acceptors (Lipinski definition) is 7. The molecule has 5 rings (SSSR count). The lowest BCUT2D eigenvalue weighted by Crippen LogP contribution is -2.41. The minimum atomic E-state index is 0.0513. The van der Waals surface area contributed by atoms with Crippen molar-refractivity contribution in [2.24, 2.45) is 5.41 Å². The Morgan fingerprint density at radius 2 is 1.83 bits per heavy atom. The number of pyridine rings is 1. The number of piperidine rings is 1. The van der Waals surface area contributed by atoms with Gasteiger partial charge in [0.25, 0.3) is 5.56 Å². The zero-order valence-electron chi connectivity index (χ0n) is 21.0. The van der Waals surface area contributed by atoms with Gasteiger partial charge >= 0.3 is 0 Å². The maximum atomic E-state index is 12.6. The fourth-order valence-electron chi connectivity index (χ4n) is 5.50. The van der Waals surface area contributed by atoms with Crippen molar-refractivity contribution < 1.29 is 0 Å². The van der Waals surface area contributed by atoms with Gasteiger partial charge in [-0.1, -0.05) is 39.2 Å². The summed E-state index contributed by atoms with van der Waals surface area (Å²) in [4.78, 5) is 22.4. The average molecular weight is 479 g/mol. The summed E-state index contributed by atoms with van der Waals surface area (Å²) in [6, 6.07) is 5.49. The molecule has 3 N–H and O–H groups in total. The van der Waals surface area contributed by atoms with Crippen LogP contribution >= 0.6 is 0 Å². The van der Waals surface area contributed by atoms with E-state index in [1.807, 2.05) is 22.9 Å². The lowest BCUT2D eigenvalue weighted by molar-refractivity contribution is 0.194. The molecule has 0 amide bonds. The quantitative estimate of drug-likeness (QED) is 0.489. The lowest BCUT2D eigenvalue weighted by atomic mass is 9.74. The summed E-state index contributed by atoms with van der Waals surface area (Å²) >= 11 is 0. The second-order valence-corrected chi connectivity index (χ2v) is 10.5. The van der Waals surface area contributed by atoms with Gasteiger partial charge in [-0.2, -0.15) is 19.6 Å². The zero-order chi connectivity index (χ0) is 24.3. The predicted octanol–water partition coefficient (Wildman–Crippen LogP) is 3.77. The molecule has 2 bridgehead atoms. The lowest BCUT2D eigenvalue weighted by Gasteiger charge is -2.38. The molecule has 3 aromatic rings. The van der Waals surface area contributed by atoms with Gasteiger partial charge in [0.1, 0.15) is 0 Å². The third-order valence-electron chi connectivity index (χ3n) is 7.71. The van der Waals surface area contributed by atoms with Crippen molar-refractivity contribution in [3.8, 4) is 0 Å². The van der Waals surface area contributed by atoms with Gasteiger partial charge in [0, 0.05) is 30.4 Å². The Bertz CT molecular complexity index is 1210. The van der Waals surface area contributed by atoms with E-state index in [4.69, 9.17) is 9.97 Å². The highest BCUT2D eigenvalue weighted by molar-refractivity contribution is 5.55. The van der Waals surface area contributed by atoms with Crippen molar-refractivity contribution in [2.45, 2.75) is 77.8 Å². The van der Waals surface area contributed by atoms with Crippen LogP contribution in [0.1, 0.15) is 76.0 Å². The fraction of sp³-hybridized carbons (Fsp3) is 0.615. The summed E-state index contributed by atoms with van der Waals surface area (Å²) in [5, 5.41) is 15.2. The maximum Gasteiger partial charge on any atom is 0.250 e. The summed E-state index contributed by atoms with van der Waals surface area (Å²) in [6.07, 6.45) is 10.00. The molecule has 9 heteroatoms. The van der Waals surface area contributed by atoms with Crippen molar-refractivity contribution >= 4 is 17.5 Å². The van der Waals surface area contributed by atoms with E-state index in [-0.39, 0.29) is 11.0 Å². The molecule has 0 saturated carbocycles. The van der Waals surface area contributed by atoms with E-state index in [0.29, 0.717) is 24.4 Å². The molecule has 1 fully saturated rings. The third kappa shape index (κ3) is 5.19. The number of nitrogens with one attached hydrogen (secondary N) is 3. The number of hydrogen-bond donors (Lipinski definition) is 3. The molecule has 1 spiro atoms. The van der Waals surface area contributed by atoms with Gasteiger partial charge < -0.3 is 20.5 Å². The maximum absolute atomic E-state index is 12.6. The fourth-order valence-corrected chi connectivity index (χ4v) is 5.50. The van der Waals surface area contributed by atoms with Gasteiger partial charge in [-0.15, -0.1) is 0 Å². The van der Waals surface area contributed by atoms with Crippen LogP contribution in [0.3, 0.4) is 0 Å². The molecule has 2 aliphatic rings. The molecular formula is C26H38N8O. The highest BCUT2D eigenvalue weighted by atomic mass is 16.1. The van der Waals surface area contributed by atoms with E-state index < -0.39 is 0 Å². The van der Waals surface area contributed by atoms with Gasteiger partial charge in [0.15, 0.2) is 5.65 Å². The number of fused-ring (bicyclic) bond motifs is 5. The van der Waals surface area contributed by atoms with Crippen LogP contribution in [0, 0.1) is 5.41 Å². The Kier molecular flexibility index (Phi) is 7.04. The minimum absolute atomic E-state index is 0.0513. The molecule has 2 aliphatic heterocycles. The molecular weight excluding hydrogens is 440 g/mol. The van der Waals surface area contributed by atoms with Crippen LogP contribution in [0.15, 0.2) is 29.2 Å². The largest absolute Gasteiger partial charge is 0.354 e. The first-order valence-corrected chi connectivity index (χ1v) is 13.2. The van der Waals surface area contributed by atoms with Crippen molar-refractivity contribution in [1.82, 2.24) is 29.5 Å². The monoisotopic (exact) mass is 478 g/mol. The van der Waals surface area contributed by atoms with Crippen LogP contribution in [-0.4, -0.2) is 43.8 Å². The highest BCUT2D eigenvalue weighted by Crippen LogP contribution is 2.35. The van der Waals surface area contributed by atoms with E-state index in [1.165, 1.54) is 32.1 Å². The minimum Gasteiger partial charge on any atom is -0.354 e. The topological polar surface area (TPSA) is 101 Å². The third-order valence-corrected chi connectivity index (χ3v) is 7.71.